The molecule has 14 rings (SSSR count). The van der Waals surface area contributed by atoms with Crippen LogP contribution in [-0.2, 0) is 27.1 Å². The van der Waals surface area contributed by atoms with Crippen molar-refractivity contribution in [3.63, 3.8) is 0 Å². The number of nitrogens with zero attached hydrogens (tertiary/aromatic N) is 4. The molecule has 5 heteroatoms. The van der Waals surface area contributed by atoms with E-state index in [4.69, 9.17) is 4.98 Å². The number of aromatic nitrogens is 2. The Morgan fingerprint density at radius 2 is 0.674 bits per heavy atom. The number of anilines is 6. The van der Waals surface area contributed by atoms with Gasteiger partial charge in [-0.05, 0) is 160 Å². The Hall–Kier alpha value is -9.45. The van der Waals surface area contributed by atoms with Crippen LogP contribution in [0, 0.1) is 0 Å². The van der Waals surface area contributed by atoms with Crippen molar-refractivity contribution in [2.75, 3.05) is 9.80 Å². The van der Waals surface area contributed by atoms with Crippen molar-refractivity contribution in [3.8, 4) is 28.2 Å². The largest absolute Gasteiger partial charge is 0.311 e. The fraction of sp³-hybridized carbons (Fsp3) is 0.202. The van der Waals surface area contributed by atoms with Crippen molar-refractivity contribution in [3.05, 3.63) is 305 Å². The molecule has 0 bridgehead atoms. The number of imidazole rings is 1. The van der Waals surface area contributed by atoms with Gasteiger partial charge in [-0.2, -0.15) is 0 Å². The number of rotatable bonds is 9. The van der Waals surface area contributed by atoms with E-state index in [1.54, 1.807) is 0 Å². The Balaban J connectivity index is 1.11. The molecule has 0 fully saturated rings. The molecule has 438 valence electrons. The van der Waals surface area contributed by atoms with Crippen LogP contribution in [0.2, 0.25) is 0 Å². The van der Waals surface area contributed by atoms with Gasteiger partial charge in [0, 0.05) is 45.4 Å². The smallest absolute Gasteiger partial charge is 0.252 e. The molecule has 3 heterocycles. The lowest BCUT2D eigenvalue weighted by Gasteiger charge is -2.46. The molecule has 11 aromatic carbocycles. The first-order valence-corrected chi connectivity index (χ1v) is 31.8. The first-order chi connectivity index (χ1) is 42.7. The highest BCUT2D eigenvalue weighted by molar-refractivity contribution is 7.00. The van der Waals surface area contributed by atoms with Crippen molar-refractivity contribution in [1.29, 1.82) is 0 Å². The fourth-order valence-corrected chi connectivity index (χ4v) is 14.1. The van der Waals surface area contributed by atoms with Gasteiger partial charge in [0.15, 0.2) is 0 Å². The Morgan fingerprint density at radius 3 is 1.12 bits per heavy atom. The second-order valence-corrected chi connectivity index (χ2v) is 28.9. The van der Waals surface area contributed by atoms with E-state index in [9.17, 15) is 0 Å². The number of benzene rings is 11. The van der Waals surface area contributed by atoms with Crippen LogP contribution in [0.25, 0.3) is 39.2 Å². The Labute approximate surface area is 528 Å². The topological polar surface area (TPSA) is 24.3 Å². The molecule has 0 saturated heterocycles. The van der Waals surface area contributed by atoms with E-state index in [1.807, 2.05) is 0 Å². The molecule has 0 unspecified atom stereocenters. The molecule has 1 aromatic heterocycles. The van der Waals surface area contributed by atoms with E-state index in [2.05, 4.69) is 358 Å². The molecule has 2 aliphatic rings. The van der Waals surface area contributed by atoms with Gasteiger partial charge in [0.25, 0.3) is 6.71 Å². The lowest BCUT2D eigenvalue weighted by Crippen LogP contribution is -2.61. The van der Waals surface area contributed by atoms with Gasteiger partial charge in [-0.15, -0.1) is 0 Å². The molecule has 0 atom stereocenters. The van der Waals surface area contributed by atoms with E-state index in [0.717, 1.165) is 56.5 Å². The maximum Gasteiger partial charge on any atom is 0.252 e. The summed E-state index contributed by atoms with van der Waals surface area (Å²) in [4.78, 5) is 11.0. The first kappa shape index (κ1) is 57.3. The second-order valence-electron chi connectivity index (χ2n) is 28.9. The summed E-state index contributed by atoms with van der Waals surface area (Å²) in [5.74, 6) is 0.895. The molecule has 89 heavy (non-hydrogen) atoms. The van der Waals surface area contributed by atoms with Crippen LogP contribution in [0.4, 0.5) is 34.1 Å². The Morgan fingerprint density at radius 1 is 0.292 bits per heavy atom. The minimum atomic E-state index is -0.760. The third kappa shape index (κ3) is 9.91. The van der Waals surface area contributed by atoms with Gasteiger partial charge in [-0.1, -0.05) is 277 Å². The van der Waals surface area contributed by atoms with E-state index in [1.165, 1.54) is 77.7 Å². The van der Waals surface area contributed by atoms with Crippen LogP contribution >= 0.6 is 0 Å². The molecule has 0 spiro atoms. The van der Waals surface area contributed by atoms with Crippen LogP contribution < -0.4 is 26.2 Å². The van der Waals surface area contributed by atoms with Gasteiger partial charge in [0.2, 0.25) is 0 Å². The van der Waals surface area contributed by atoms with Crippen LogP contribution in [0.3, 0.4) is 0 Å². The number of hydrogen-bond acceptors (Lipinski definition) is 3. The summed E-state index contributed by atoms with van der Waals surface area (Å²) in [5, 5.41) is 0. The predicted molar refractivity (Wildman–Crippen MR) is 379 cm³/mol. The summed E-state index contributed by atoms with van der Waals surface area (Å²) in [6.07, 6.45) is 0. The highest BCUT2D eigenvalue weighted by Gasteiger charge is 2.47. The van der Waals surface area contributed by atoms with Crippen molar-refractivity contribution in [2.45, 2.75) is 110 Å². The Kier molecular flexibility index (Phi) is 13.8. The number of hydrogen-bond donors (Lipinski definition) is 0. The number of fused-ring (bicyclic) bond motifs is 5. The molecule has 2 aliphatic heterocycles. The zero-order valence-corrected chi connectivity index (χ0v) is 53.7. The maximum atomic E-state index is 5.79. The molecule has 0 radical (unpaired) electrons. The minimum absolute atomic E-state index is 0.0304. The Bertz CT molecular complexity index is 4480. The zero-order valence-electron chi connectivity index (χ0n) is 53.7. The van der Waals surface area contributed by atoms with Gasteiger partial charge < -0.3 is 9.80 Å². The van der Waals surface area contributed by atoms with Crippen molar-refractivity contribution in [2.24, 2.45) is 0 Å². The van der Waals surface area contributed by atoms with Crippen molar-refractivity contribution >= 4 is 68.3 Å². The molecular formula is C84H79BN4. The maximum absolute atomic E-state index is 5.79. The highest BCUT2D eigenvalue weighted by Crippen LogP contribution is 2.52. The van der Waals surface area contributed by atoms with Crippen LogP contribution in [0.1, 0.15) is 128 Å². The van der Waals surface area contributed by atoms with Gasteiger partial charge in [-0.3, -0.25) is 4.57 Å². The lowest BCUT2D eigenvalue weighted by atomic mass is 9.33. The van der Waals surface area contributed by atoms with Crippen molar-refractivity contribution < 1.29 is 0 Å². The zero-order chi connectivity index (χ0) is 61.8. The second kappa shape index (κ2) is 21.4. The number of para-hydroxylation sites is 1. The molecule has 0 N–H and O–H groups in total. The predicted octanol–water partition coefficient (Wildman–Crippen LogP) is 20.0. The standard InChI is InChI=1S/C84H79BN4/c1-80(2,3)59-39-37-57(38-40-59)56-33-35-58(36-34-56)79-86-72-55-74-71(54-75(72)89(79)67-31-23-16-24-32-67)85-70-51-65(83(10,11)12)45-50-73(70)87(68-46-41-60(42-47-68)81(4,5)6)76-52-66(53-77(78(76)85)88(74)69-48-43-61(44-49-69)82(7,8)9)84(62-25-17-13-18-26-62,63-27-19-14-20-28-63)64-29-21-15-22-30-64/h13-55H,1-12H3. The highest BCUT2D eigenvalue weighted by atomic mass is 15.2. The molecular weight excluding hydrogens is 1080 g/mol. The summed E-state index contributed by atoms with van der Waals surface area (Å²) < 4.78 is 2.40. The average Bonchev–Trinajstić information content (AvgIpc) is 1.25. The van der Waals surface area contributed by atoms with Crippen LogP contribution in [-0.4, -0.2) is 16.3 Å². The third-order valence-corrected chi connectivity index (χ3v) is 19.0. The van der Waals surface area contributed by atoms with Crippen LogP contribution in [0.5, 0.6) is 0 Å². The fourth-order valence-electron chi connectivity index (χ4n) is 14.1. The lowest BCUT2D eigenvalue weighted by molar-refractivity contribution is 0.590. The summed E-state index contributed by atoms with van der Waals surface area (Å²) in [7, 11) is 0. The van der Waals surface area contributed by atoms with Gasteiger partial charge in [0.1, 0.15) is 5.82 Å². The first-order valence-electron chi connectivity index (χ1n) is 31.8. The molecule has 0 amide bonds. The van der Waals surface area contributed by atoms with E-state index < -0.39 is 5.41 Å². The molecule has 12 aromatic rings. The minimum Gasteiger partial charge on any atom is -0.311 e. The van der Waals surface area contributed by atoms with Crippen LogP contribution in [0.15, 0.2) is 261 Å². The molecule has 4 nitrogen and oxygen atoms in total. The summed E-state index contributed by atoms with van der Waals surface area (Å²) in [6, 6.07) is 98.7. The monoisotopic (exact) mass is 1150 g/mol. The average molecular weight is 1160 g/mol. The SMILES string of the molecule is CC(C)(C)c1ccc(-c2ccc(-c3nc4cc5c(cc4n3-c3ccccc3)B3c4cc(C(C)(C)C)ccc4N(c4ccc(C(C)(C)C)cc4)c4cc(C(c6ccccc6)(c6ccccc6)c6ccccc6)cc(c43)N5c3ccc(C(C)(C)C)cc3)cc2)cc1. The van der Waals surface area contributed by atoms with E-state index >= 15 is 0 Å². The van der Waals surface area contributed by atoms with Gasteiger partial charge in [-0.25, -0.2) is 4.98 Å². The molecule has 0 aliphatic carbocycles. The summed E-state index contributed by atoms with van der Waals surface area (Å²) >= 11 is 0. The van der Waals surface area contributed by atoms with Crippen molar-refractivity contribution in [1.82, 2.24) is 9.55 Å². The van der Waals surface area contributed by atoms with E-state index in [0.29, 0.717) is 0 Å². The summed E-state index contributed by atoms with van der Waals surface area (Å²) in [5.41, 5.74) is 26.1. The third-order valence-electron chi connectivity index (χ3n) is 19.0. The normalized spacial score (nSPS) is 13.3. The summed E-state index contributed by atoms with van der Waals surface area (Å²) in [6.45, 7) is 27.5. The van der Waals surface area contributed by atoms with Gasteiger partial charge in [0.05, 0.1) is 16.4 Å². The van der Waals surface area contributed by atoms with Gasteiger partial charge >= 0.3 is 0 Å². The molecule has 0 saturated carbocycles. The van der Waals surface area contributed by atoms with E-state index in [-0.39, 0.29) is 28.4 Å². The quantitative estimate of drug-likeness (QED) is 0.106.